The number of methoxy groups -OCH3 is 1. The highest BCUT2D eigenvalue weighted by atomic mass is 19.3. The molecule has 0 unspecified atom stereocenters. The quantitative estimate of drug-likeness (QED) is 0.259. The maximum absolute atomic E-state index is 14.6. The zero-order chi connectivity index (χ0) is 26.2. The lowest BCUT2D eigenvalue weighted by atomic mass is 10.0. The number of carbonyl (C=O) groups excluding carboxylic acids is 3. The summed E-state index contributed by atoms with van der Waals surface area (Å²) in [5.41, 5.74) is -3.14. The number of hydrogen-bond donors (Lipinski definition) is 0. The van der Waals surface area contributed by atoms with Crippen LogP contribution < -0.4 is 9.64 Å². The van der Waals surface area contributed by atoms with Crippen molar-refractivity contribution >= 4 is 23.5 Å². The van der Waals surface area contributed by atoms with Gasteiger partial charge in [-0.2, -0.15) is 8.78 Å². The lowest BCUT2D eigenvalue weighted by molar-refractivity contribution is -0.193. The number of rotatable bonds is 6. The smallest absolute Gasteiger partial charge is 0.469 e. The van der Waals surface area contributed by atoms with Crippen LogP contribution in [-0.2, 0) is 19.1 Å². The summed E-state index contributed by atoms with van der Waals surface area (Å²) in [4.78, 5) is 37.1. The van der Waals surface area contributed by atoms with Crippen LogP contribution in [-0.4, -0.2) is 56.0 Å². The largest absolute Gasteiger partial charge is 0.482 e. The summed E-state index contributed by atoms with van der Waals surface area (Å²) in [5, 5.41) is 0. The fraction of sp³-hybridized carbons (Fsp3) is 0.286. The number of likely N-dealkylation sites (N-methyl/N-ethyl adjacent to an activating group) is 1. The second-order valence-electron chi connectivity index (χ2n) is 7.29. The van der Waals surface area contributed by atoms with Crippen molar-refractivity contribution in [3.05, 3.63) is 47.3 Å². The van der Waals surface area contributed by atoms with Crippen LogP contribution in [0.2, 0.25) is 0 Å². The van der Waals surface area contributed by atoms with E-state index in [4.69, 9.17) is 0 Å². The number of amides is 2. The lowest BCUT2D eigenvalue weighted by Gasteiger charge is -2.34. The lowest BCUT2D eigenvalue weighted by Crippen LogP contribution is -2.53. The van der Waals surface area contributed by atoms with Gasteiger partial charge in [-0.1, -0.05) is 0 Å². The van der Waals surface area contributed by atoms with Crippen LogP contribution in [0.3, 0.4) is 0 Å². The Balaban J connectivity index is 2.06. The first-order valence-electron chi connectivity index (χ1n) is 9.65. The number of halogens is 7. The van der Waals surface area contributed by atoms with Crippen molar-refractivity contribution in [1.29, 1.82) is 0 Å². The molecule has 0 bridgehead atoms. The molecule has 1 aliphatic heterocycles. The normalized spacial score (nSPS) is 14.3. The molecule has 188 valence electrons. The van der Waals surface area contributed by atoms with E-state index < -0.39 is 82.1 Å². The number of anilines is 1. The van der Waals surface area contributed by atoms with E-state index in [1.807, 2.05) is 0 Å². The molecule has 14 heteroatoms. The van der Waals surface area contributed by atoms with E-state index in [2.05, 4.69) is 9.47 Å². The molecule has 1 heterocycles. The standard InChI is InChI=1S/C21H15F7N2O5/c1-29(4-3-16(32)34-2)15(31)8-30-13-5-9(17-11(23)6-12(24)18(25)19(17)26)10(22)7-14(13)35-21(27,28)20(30)33/h5-7H,3-4,8H2,1-2H3. The first-order chi connectivity index (χ1) is 16.3. The van der Waals surface area contributed by atoms with Crippen LogP contribution in [0, 0.1) is 29.1 Å². The molecule has 0 aromatic heterocycles. The minimum atomic E-state index is -4.54. The number of esters is 1. The molecule has 0 radical (unpaired) electrons. The van der Waals surface area contributed by atoms with Gasteiger partial charge < -0.3 is 14.4 Å². The van der Waals surface area contributed by atoms with Crippen molar-refractivity contribution in [2.24, 2.45) is 0 Å². The molecule has 1 aliphatic rings. The highest BCUT2D eigenvalue weighted by molar-refractivity contribution is 6.05. The molecule has 0 N–H and O–H groups in total. The monoisotopic (exact) mass is 508 g/mol. The van der Waals surface area contributed by atoms with Gasteiger partial charge in [0.05, 0.1) is 24.8 Å². The fourth-order valence-electron chi connectivity index (χ4n) is 3.19. The van der Waals surface area contributed by atoms with Gasteiger partial charge in [0.1, 0.15) is 18.2 Å². The molecule has 2 aromatic rings. The molecule has 0 spiro atoms. The molecule has 3 rings (SSSR count). The van der Waals surface area contributed by atoms with E-state index in [0.717, 1.165) is 12.0 Å². The first kappa shape index (κ1) is 25.8. The summed E-state index contributed by atoms with van der Waals surface area (Å²) >= 11 is 0. The first-order valence-corrected chi connectivity index (χ1v) is 9.65. The van der Waals surface area contributed by atoms with Crippen molar-refractivity contribution in [3.8, 4) is 16.9 Å². The second kappa shape index (κ2) is 9.43. The number of alkyl halides is 2. The summed E-state index contributed by atoms with van der Waals surface area (Å²) in [5.74, 6) is -14.1. The Kier molecular flexibility index (Phi) is 6.94. The van der Waals surface area contributed by atoms with Crippen LogP contribution in [0.4, 0.5) is 36.4 Å². The Morgan fingerprint density at radius 1 is 1.03 bits per heavy atom. The van der Waals surface area contributed by atoms with Gasteiger partial charge in [-0.15, -0.1) is 0 Å². The molecule has 2 aromatic carbocycles. The summed E-state index contributed by atoms with van der Waals surface area (Å²) in [6.07, 6.45) is -4.79. The Hall–Kier alpha value is -3.84. The van der Waals surface area contributed by atoms with Crippen LogP contribution in [0.1, 0.15) is 6.42 Å². The predicted molar refractivity (Wildman–Crippen MR) is 104 cm³/mol. The number of hydrogen-bond acceptors (Lipinski definition) is 5. The van der Waals surface area contributed by atoms with E-state index in [9.17, 15) is 45.1 Å². The molecule has 0 aliphatic carbocycles. The van der Waals surface area contributed by atoms with E-state index in [0.29, 0.717) is 6.07 Å². The number of ether oxygens (including phenoxy) is 2. The summed E-state index contributed by atoms with van der Waals surface area (Å²) < 4.78 is 107. The van der Waals surface area contributed by atoms with Gasteiger partial charge >= 0.3 is 18.0 Å². The third kappa shape index (κ3) is 4.86. The van der Waals surface area contributed by atoms with Gasteiger partial charge in [-0.3, -0.25) is 19.3 Å². The number of benzene rings is 2. The van der Waals surface area contributed by atoms with E-state index in [-0.39, 0.29) is 30.0 Å². The molecule has 0 saturated heterocycles. The number of carbonyl (C=O) groups is 3. The Morgan fingerprint density at radius 2 is 1.69 bits per heavy atom. The van der Waals surface area contributed by atoms with Gasteiger partial charge in [-0.05, 0) is 6.07 Å². The third-order valence-corrected chi connectivity index (χ3v) is 5.05. The van der Waals surface area contributed by atoms with Crippen LogP contribution >= 0.6 is 0 Å². The number of nitrogens with zero attached hydrogens (tertiary/aromatic N) is 2. The van der Waals surface area contributed by atoms with Gasteiger partial charge in [-0.25, -0.2) is 22.0 Å². The number of fused-ring (bicyclic) bond motifs is 1. The molecule has 2 amide bonds. The molecule has 0 atom stereocenters. The Bertz CT molecular complexity index is 1220. The molecular formula is C21H15F7N2O5. The molecule has 0 fully saturated rings. The van der Waals surface area contributed by atoms with Gasteiger partial charge in [0.15, 0.2) is 23.2 Å². The fourth-order valence-corrected chi connectivity index (χ4v) is 3.19. The second-order valence-corrected chi connectivity index (χ2v) is 7.29. The van der Waals surface area contributed by atoms with Crippen molar-refractivity contribution in [3.63, 3.8) is 0 Å². The topological polar surface area (TPSA) is 76.2 Å². The summed E-state index contributed by atoms with van der Waals surface area (Å²) in [6.45, 7) is -1.29. The minimum absolute atomic E-state index is 0.0556. The highest BCUT2D eigenvalue weighted by Crippen LogP contribution is 2.44. The highest BCUT2D eigenvalue weighted by Gasteiger charge is 2.51. The van der Waals surface area contributed by atoms with Crippen LogP contribution in [0.15, 0.2) is 18.2 Å². The average molecular weight is 508 g/mol. The van der Waals surface area contributed by atoms with Crippen LogP contribution in [0.25, 0.3) is 11.1 Å². The predicted octanol–water partition coefficient (Wildman–Crippen LogP) is 3.39. The summed E-state index contributed by atoms with van der Waals surface area (Å²) in [6, 6.07) is 0.683. The summed E-state index contributed by atoms with van der Waals surface area (Å²) in [7, 11) is 2.29. The van der Waals surface area contributed by atoms with E-state index in [1.165, 1.54) is 7.05 Å². The zero-order valence-corrected chi connectivity index (χ0v) is 17.9. The third-order valence-electron chi connectivity index (χ3n) is 5.05. The van der Waals surface area contributed by atoms with Crippen molar-refractivity contribution in [2.75, 3.05) is 32.1 Å². The Morgan fingerprint density at radius 3 is 2.31 bits per heavy atom. The maximum Gasteiger partial charge on any atom is 0.482 e. The van der Waals surface area contributed by atoms with Gasteiger partial charge in [0.2, 0.25) is 5.91 Å². The maximum atomic E-state index is 14.6. The van der Waals surface area contributed by atoms with Crippen LogP contribution in [0.5, 0.6) is 5.75 Å². The molecular weight excluding hydrogens is 493 g/mol. The zero-order valence-electron chi connectivity index (χ0n) is 17.9. The SMILES string of the molecule is COC(=O)CCN(C)C(=O)CN1C(=O)C(F)(F)Oc2cc(F)c(-c3c(F)cc(F)c(F)c3F)cc21. The van der Waals surface area contributed by atoms with Crippen molar-refractivity contribution in [1.82, 2.24) is 4.90 Å². The van der Waals surface area contributed by atoms with E-state index >= 15 is 0 Å². The Labute approximate surface area is 192 Å². The average Bonchev–Trinajstić information content (AvgIpc) is 2.79. The van der Waals surface area contributed by atoms with Crippen molar-refractivity contribution in [2.45, 2.75) is 12.5 Å². The minimum Gasteiger partial charge on any atom is -0.469 e. The molecule has 35 heavy (non-hydrogen) atoms. The molecule has 0 saturated carbocycles. The van der Waals surface area contributed by atoms with Crippen molar-refractivity contribution < 1.29 is 54.6 Å². The molecule has 7 nitrogen and oxygen atoms in total. The van der Waals surface area contributed by atoms with Gasteiger partial charge in [0, 0.05) is 31.3 Å². The van der Waals surface area contributed by atoms with Gasteiger partial charge in [0.25, 0.3) is 0 Å². The van der Waals surface area contributed by atoms with E-state index in [1.54, 1.807) is 0 Å².